The van der Waals surface area contributed by atoms with Crippen LogP contribution in [0.1, 0.15) is 18.3 Å². The predicted molar refractivity (Wildman–Crippen MR) is 46.8 cm³/mol. The van der Waals surface area contributed by atoms with Gasteiger partial charge in [-0.25, -0.2) is 4.98 Å². The van der Waals surface area contributed by atoms with E-state index < -0.39 is 0 Å². The van der Waals surface area contributed by atoms with Crippen molar-refractivity contribution in [1.82, 2.24) is 4.98 Å². The van der Waals surface area contributed by atoms with Crippen LogP contribution in [0.15, 0.2) is 24.3 Å². The lowest BCUT2D eigenvalue weighted by Gasteiger charge is -1.92. The maximum absolute atomic E-state index is 6.96. The van der Waals surface area contributed by atoms with Gasteiger partial charge in [0.1, 0.15) is 0 Å². The molecule has 2 nitrogen and oxygen atoms in total. The molecule has 0 aliphatic heterocycles. The van der Waals surface area contributed by atoms with Crippen molar-refractivity contribution in [2.45, 2.75) is 6.92 Å². The summed E-state index contributed by atoms with van der Waals surface area (Å²) in [5.41, 5.74) is 1.59. The molecule has 0 saturated heterocycles. The van der Waals surface area contributed by atoms with Gasteiger partial charge >= 0.3 is 0 Å². The molecule has 1 heterocycles. The van der Waals surface area contributed by atoms with Crippen LogP contribution in [0.5, 0.6) is 0 Å². The third-order valence-corrected chi connectivity index (χ3v) is 1.28. The van der Waals surface area contributed by atoms with Crippen LogP contribution in [0.25, 0.3) is 6.08 Å². The fraction of sp³-hybridized carbons (Fsp3) is 0.111. The van der Waals surface area contributed by atoms with Crippen LogP contribution in [0.2, 0.25) is 0 Å². The van der Waals surface area contributed by atoms with E-state index >= 15 is 0 Å². The number of nitrogens with one attached hydrogen (secondary N) is 1. The van der Waals surface area contributed by atoms with E-state index in [2.05, 4.69) is 4.98 Å². The normalized spacial score (nSPS) is 10.3. The molecule has 0 aliphatic carbocycles. The van der Waals surface area contributed by atoms with Crippen molar-refractivity contribution in [3.05, 3.63) is 35.7 Å². The van der Waals surface area contributed by atoms with Crippen molar-refractivity contribution >= 4 is 12.3 Å². The molecule has 0 atom stereocenters. The molecule has 0 spiro atoms. The molecular formula is C9H10N2. The van der Waals surface area contributed by atoms with Gasteiger partial charge in [-0.05, 0) is 25.1 Å². The summed E-state index contributed by atoms with van der Waals surface area (Å²) in [6.45, 7) is 1.94. The Morgan fingerprint density at radius 3 is 2.73 bits per heavy atom. The molecule has 0 saturated carbocycles. The zero-order valence-electron chi connectivity index (χ0n) is 6.41. The maximum Gasteiger partial charge on any atom is 0.0812 e. The average Bonchev–Trinajstić information content (AvgIpc) is 2.06. The first-order valence-electron chi connectivity index (χ1n) is 3.47. The molecule has 0 fully saturated rings. The molecule has 0 aromatic carbocycles. The van der Waals surface area contributed by atoms with Gasteiger partial charge in [-0.2, -0.15) is 0 Å². The van der Waals surface area contributed by atoms with E-state index in [-0.39, 0.29) is 0 Å². The summed E-state index contributed by atoms with van der Waals surface area (Å²) in [6, 6.07) is 5.61. The number of aromatic nitrogens is 1. The lowest BCUT2D eigenvalue weighted by molar-refractivity contribution is 1.26. The minimum Gasteiger partial charge on any atom is -0.307 e. The highest BCUT2D eigenvalue weighted by Crippen LogP contribution is 1.98. The van der Waals surface area contributed by atoms with Gasteiger partial charge in [-0.1, -0.05) is 12.1 Å². The predicted octanol–water partition coefficient (Wildman–Crippen LogP) is 2.11. The topological polar surface area (TPSA) is 36.7 Å². The number of pyridine rings is 1. The summed E-state index contributed by atoms with van der Waals surface area (Å²) in [6.07, 6.45) is 5.08. The van der Waals surface area contributed by atoms with E-state index in [1.807, 2.05) is 31.2 Å². The van der Waals surface area contributed by atoms with Gasteiger partial charge in [-0.3, -0.25) is 0 Å². The molecule has 0 aliphatic rings. The summed E-state index contributed by atoms with van der Waals surface area (Å²) in [5.74, 6) is 0. The number of allylic oxidation sites excluding steroid dienone is 1. The molecule has 56 valence electrons. The molecule has 2 heteroatoms. The van der Waals surface area contributed by atoms with Crippen LogP contribution in [-0.4, -0.2) is 11.2 Å². The summed E-state index contributed by atoms with van der Waals surface area (Å²) in [4.78, 5) is 4.15. The molecule has 11 heavy (non-hydrogen) atoms. The molecule has 1 aromatic heterocycles. The first-order chi connectivity index (χ1) is 5.36. The Hall–Kier alpha value is -1.44. The zero-order valence-corrected chi connectivity index (χ0v) is 6.41. The Morgan fingerprint density at radius 1 is 1.36 bits per heavy atom. The highest BCUT2D eigenvalue weighted by atomic mass is 14.7. The average molecular weight is 146 g/mol. The van der Waals surface area contributed by atoms with E-state index in [4.69, 9.17) is 5.41 Å². The molecule has 1 N–H and O–H groups in total. The summed E-state index contributed by atoms with van der Waals surface area (Å²) in [5, 5.41) is 6.96. The van der Waals surface area contributed by atoms with Gasteiger partial charge in [0.05, 0.1) is 11.4 Å². The first-order valence-corrected chi connectivity index (χ1v) is 3.47. The lowest BCUT2D eigenvalue weighted by atomic mass is 10.3. The maximum atomic E-state index is 6.96. The number of nitrogens with zero attached hydrogens (tertiary/aromatic N) is 1. The zero-order chi connectivity index (χ0) is 8.10. The van der Waals surface area contributed by atoms with Gasteiger partial charge in [0.2, 0.25) is 0 Å². The molecule has 0 amide bonds. The Labute approximate surface area is 66.1 Å². The Kier molecular flexibility index (Phi) is 2.55. The van der Waals surface area contributed by atoms with Crippen LogP contribution in [0.3, 0.4) is 0 Å². The Morgan fingerprint density at radius 2 is 2.09 bits per heavy atom. The van der Waals surface area contributed by atoms with Crippen molar-refractivity contribution in [2.75, 3.05) is 0 Å². The molecule has 1 rings (SSSR count). The van der Waals surface area contributed by atoms with Crippen molar-refractivity contribution in [3.63, 3.8) is 0 Å². The second-order valence-corrected chi connectivity index (χ2v) is 2.13. The van der Waals surface area contributed by atoms with E-state index in [0.717, 1.165) is 5.69 Å². The third-order valence-electron chi connectivity index (χ3n) is 1.28. The highest BCUT2D eigenvalue weighted by Gasteiger charge is 1.88. The van der Waals surface area contributed by atoms with Crippen LogP contribution in [0, 0.1) is 5.41 Å². The number of hydrogen-bond donors (Lipinski definition) is 1. The van der Waals surface area contributed by atoms with Gasteiger partial charge in [0.25, 0.3) is 0 Å². The monoisotopic (exact) mass is 146 g/mol. The number of hydrogen-bond acceptors (Lipinski definition) is 2. The molecule has 0 unspecified atom stereocenters. The van der Waals surface area contributed by atoms with Crippen LogP contribution < -0.4 is 0 Å². The van der Waals surface area contributed by atoms with Crippen molar-refractivity contribution in [3.8, 4) is 0 Å². The summed E-state index contributed by atoms with van der Waals surface area (Å²) in [7, 11) is 0. The summed E-state index contributed by atoms with van der Waals surface area (Å²) >= 11 is 0. The van der Waals surface area contributed by atoms with Gasteiger partial charge in [0, 0.05) is 6.21 Å². The van der Waals surface area contributed by atoms with Gasteiger partial charge < -0.3 is 5.41 Å². The second kappa shape index (κ2) is 3.66. The number of rotatable bonds is 2. The minimum atomic E-state index is 0.695. The van der Waals surface area contributed by atoms with Crippen molar-refractivity contribution < 1.29 is 0 Å². The second-order valence-electron chi connectivity index (χ2n) is 2.13. The molecular weight excluding hydrogens is 136 g/mol. The van der Waals surface area contributed by atoms with Crippen LogP contribution >= 0.6 is 0 Å². The van der Waals surface area contributed by atoms with Crippen LogP contribution in [0.4, 0.5) is 0 Å². The fourth-order valence-corrected chi connectivity index (χ4v) is 0.813. The van der Waals surface area contributed by atoms with E-state index in [1.54, 1.807) is 6.07 Å². The standard InChI is InChI=1S/C9H10N2/c1-2-4-8-5-3-6-9(7-10)11-8/h2-7,10H,1H3/b4-2+,10-7?. The van der Waals surface area contributed by atoms with Crippen molar-refractivity contribution in [2.24, 2.45) is 0 Å². The quantitative estimate of drug-likeness (QED) is 0.637. The van der Waals surface area contributed by atoms with E-state index in [9.17, 15) is 0 Å². The largest absolute Gasteiger partial charge is 0.307 e. The first kappa shape index (κ1) is 7.66. The van der Waals surface area contributed by atoms with Crippen LogP contribution in [-0.2, 0) is 0 Å². The SMILES string of the molecule is C/C=C/c1cccc(C=N)n1. The highest BCUT2D eigenvalue weighted by molar-refractivity contribution is 5.74. The fourth-order valence-electron chi connectivity index (χ4n) is 0.813. The van der Waals surface area contributed by atoms with Gasteiger partial charge in [0.15, 0.2) is 0 Å². The molecule has 0 radical (unpaired) electrons. The Balaban J connectivity index is 3.00. The third kappa shape index (κ3) is 2.00. The smallest absolute Gasteiger partial charge is 0.0812 e. The lowest BCUT2D eigenvalue weighted by Crippen LogP contribution is -1.87. The molecule has 1 aromatic rings. The minimum absolute atomic E-state index is 0.695. The van der Waals surface area contributed by atoms with E-state index in [0.29, 0.717) is 5.69 Å². The van der Waals surface area contributed by atoms with E-state index in [1.165, 1.54) is 6.21 Å². The van der Waals surface area contributed by atoms with Gasteiger partial charge in [-0.15, -0.1) is 0 Å². The molecule has 0 bridgehead atoms. The summed E-state index contributed by atoms with van der Waals surface area (Å²) < 4.78 is 0. The van der Waals surface area contributed by atoms with Crippen molar-refractivity contribution in [1.29, 1.82) is 5.41 Å². The Bertz CT molecular complexity index is 277.